The Labute approximate surface area is 100 Å². The molecule has 16 heavy (non-hydrogen) atoms. The first-order chi connectivity index (χ1) is 7.76. The number of hydrazine groups is 1. The minimum absolute atomic E-state index is 0.316. The minimum atomic E-state index is 0.316. The van der Waals surface area contributed by atoms with Crippen molar-refractivity contribution in [1.29, 1.82) is 0 Å². The monoisotopic (exact) mass is 241 g/mol. The van der Waals surface area contributed by atoms with Gasteiger partial charge in [0.1, 0.15) is 18.2 Å². The predicted molar refractivity (Wildman–Crippen MR) is 66.9 cm³/mol. The van der Waals surface area contributed by atoms with E-state index in [-0.39, 0.29) is 0 Å². The number of hydrogen-bond donors (Lipinski definition) is 2. The maximum Gasteiger partial charge on any atom is 0.149 e. The molecule has 1 rings (SSSR count). The normalized spacial score (nSPS) is 11.3. The van der Waals surface area contributed by atoms with Crippen LogP contribution in [-0.4, -0.2) is 19.0 Å². The molecule has 0 heterocycles. The van der Waals surface area contributed by atoms with Crippen LogP contribution >= 0.6 is 11.6 Å². The van der Waals surface area contributed by atoms with Crippen molar-refractivity contribution in [2.75, 3.05) is 13.2 Å². The van der Waals surface area contributed by atoms with Gasteiger partial charge >= 0.3 is 0 Å². The summed E-state index contributed by atoms with van der Waals surface area (Å²) in [5.41, 5.74) is 2.51. The molecule has 5 heteroatoms. The second kappa shape index (κ2) is 7.09. The fourth-order valence-electron chi connectivity index (χ4n) is 1.09. The van der Waals surface area contributed by atoms with Crippen molar-refractivity contribution in [3.8, 4) is 5.75 Å². The molecule has 0 amide bonds. The molecule has 0 aliphatic carbocycles. The lowest BCUT2D eigenvalue weighted by molar-refractivity contribution is 0.371. The van der Waals surface area contributed by atoms with Gasteiger partial charge in [-0.2, -0.15) is 0 Å². The summed E-state index contributed by atoms with van der Waals surface area (Å²) in [5, 5.41) is 0.644. The Bertz CT molecular complexity index is 355. The van der Waals surface area contributed by atoms with E-state index in [0.29, 0.717) is 23.2 Å². The lowest BCUT2D eigenvalue weighted by Crippen LogP contribution is -2.35. The highest BCUT2D eigenvalue weighted by atomic mass is 35.5. The van der Waals surface area contributed by atoms with Gasteiger partial charge in [-0.25, -0.2) is 5.84 Å². The van der Waals surface area contributed by atoms with Crippen molar-refractivity contribution in [3.63, 3.8) is 0 Å². The molecular weight excluding hydrogens is 226 g/mol. The van der Waals surface area contributed by atoms with E-state index in [1.807, 2.05) is 12.1 Å². The Morgan fingerprint density at radius 3 is 3.00 bits per heavy atom. The fraction of sp³-hybridized carbons (Fsp3) is 0.364. The minimum Gasteiger partial charge on any atom is -0.486 e. The van der Waals surface area contributed by atoms with Crippen LogP contribution in [0.2, 0.25) is 5.02 Å². The van der Waals surface area contributed by atoms with Gasteiger partial charge in [-0.3, -0.25) is 4.99 Å². The van der Waals surface area contributed by atoms with Crippen molar-refractivity contribution in [2.45, 2.75) is 13.3 Å². The Morgan fingerprint density at radius 1 is 1.56 bits per heavy atom. The Morgan fingerprint density at radius 2 is 2.38 bits per heavy atom. The van der Waals surface area contributed by atoms with Crippen LogP contribution in [0.4, 0.5) is 0 Å². The number of halogens is 1. The maximum absolute atomic E-state index is 5.83. The zero-order valence-corrected chi connectivity index (χ0v) is 10.00. The molecule has 0 bridgehead atoms. The van der Waals surface area contributed by atoms with E-state index in [4.69, 9.17) is 22.2 Å². The molecule has 0 radical (unpaired) electrons. The van der Waals surface area contributed by atoms with E-state index < -0.39 is 0 Å². The summed E-state index contributed by atoms with van der Waals surface area (Å²) in [7, 11) is 0. The van der Waals surface area contributed by atoms with Gasteiger partial charge in [0.15, 0.2) is 0 Å². The zero-order chi connectivity index (χ0) is 11.8. The van der Waals surface area contributed by atoms with Crippen LogP contribution in [0.25, 0.3) is 0 Å². The van der Waals surface area contributed by atoms with E-state index in [1.54, 1.807) is 12.1 Å². The highest BCUT2D eigenvalue weighted by molar-refractivity contribution is 6.30. The molecule has 3 N–H and O–H groups in total. The largest absolute Gasteiger partial charge is 0.486 e. The molecule has 0 saturated heterocycles. The van der Waals surface area contributed by atoms with Gasteiger partial charge in [-0.15, -0.1) is 0 Å². The standard InChI is InChI=1S/C11H16ClN3O/c1-2-6-14-11(15-13)8-16-10-5-3-4-9(12)7-10/h3-5,7H,2,6,8,13H2,1H3,(H,14,15). The smallest absolute Gasteiger partial charge is 0.149 e. The molecule has 0 aliphatic heterocycles. The van der Waals surface area contributed by atoms with Crippen LogP contribution in [0, 0.1) is 0 Å². The Hall–Kier alpha value is -1.26. The van der Waals surface area contributed by atoms with Crippen LogP contribution in [0.1, 0.15) is 13.3 Å². The topological polar surface area (TPSA) is 59.6 Å². The van der Waals surface area contributed by atoms with Gasteiger partial charge < -0.3 is 10.2 Å². The van der Waals surface area contributed by atoms with Crippen molar-refractivity contribution in [2.24, 2.45) is 10.8 Å². The van der Waals surface area contributed by atoms with Crippen molar-refractivity contribution >= 4 is 17.4 Å². The quantitative estimate of drug-likeness (QED) is 0.359. The third-order valence-corrected chi connectivity index (χ3v) is 2.10. The fourth-order valence-corrected chi connectivity index (χ4v) is 1.27. The zero-order valence-electron chi connectivity index (χ0n) is 9.24. The lowest BCUT2D eigenvalue weighted by Gasteiger charge is -2.08. The van der Waals surface area contributed by atoms with Gasteiger partial charge in [0.2, 0.25) is 0 Å². The number of benzene rings is 1. The number of hydrogen-bond acceptors (Lipinski definition) is 3. The second-order valence-electron chi connectivity index (χ2n) is 3.22. The number of ether oxygens (including phenoxy) is 1. The molecule has 0 unspecified atom stereocenters. The Balaban J connectivity index is 2.49. The number of amidine groups is 1. The molecule has 1 aromatic carbocycles. The van der Waals surface area contributed by atoms with Crippen molar-refractivity contribution in [1.82, 2.24) is 5.43 Å². The Kier molecular flexibility index (Phi) is 5.67. The van der Waals surface area contributed by atoms with E-state index in [1.165, 1.54) is 0 Å². The molecule has 0 fully saturated rings. The molecule has 0 spiro atoms. The summed E-state index contributed by atoms with van der Waals surface area (Å²) in [6, 6.07) is 7.20. The number of nitrogens with one attached hydrogen (secondary N) is 1. The van der Waals surface area contributed by atoms with Gasteiger partial charge in [-0.1, -0.05) is 24.6 Å². The summed E-state index contributed by atoms with van der Waals surface area (Å²) < 4.78 is 5.48. The SMILES string of the molecule is CCCN=C(COc1cccc(Cl)c1)NN. The average Bonchev–Trinajstić information content (AvgIpc) is 2.29. The molecular formula is C11H16ClN3O. The first-order valence-corrected chi connectivity index (χ1v) is 5.52. The second-order valence-corrected chi connectivity index (χ2v) is 3.66. The van der Waals surface area contributed by atoms with E-state index in [2.05, 4.69) is 17.3 Å². The number of aliphatic imine (C=N–C) groups is 1. The highest BCUT2D eigenvalue weighted by Gasteiger charge is 1.99. The van der Waals surface area contributed by atoms with Crippen LogP contribution < -0.4 is 16.0 Å². The molecule has 4 nitrogen and oxygen atoms in total. The first kappa shape index (κ1) is 12.8. The highest BCUT2D eigenvalue weighted by Crippen LogP contribution is 2.16. The van der Waals surface area contributed by atoms with Crippen LogP contribution in [-0.2, 0) is 0 Å². The average molecular weight is 242 g/mol. The molecule has 0 atom stereocenters. The molecule has 88 valence electrons. The lowest BCUT2D eigenvalue weighted by atomic mass is 10.3. The summed E-state index contributed by atoms with van der Waals surface area (Å²) in [4.78, 5) is 4.22. The molecule has 1 aromatic rings. The number of rotatable bonds is 5. The van der Waals surface area contributed by atoms with Gasteiger partial charge in [0.05, 0.1) is 0 Å². The number of nitrogens with zero attached hydrogens (tertiary/aromatic N) is 1. The van der Waals surface area contributed by atoms with Crippen molar-refractivity contribution < 1.29 is 4.74 Å². The van der Waals surface area contributed by atoms with E-state index in [0.717, 1.165) is 13.0 Å². The van der Waals surface area contributed by atoms with Crippen molar-refractivity contribution in [3.05, 3.63) is 29.3 Å². The summed E-state index contributed by atoms with van der Waals surface area (Å²) in [5.74, 6) is 6.65. The molecule has 0 aromatic heterocycles. The van der Waals surface area contributed by atoms with Crippen LogP contribution in [0.5, 0.6) is 5.75 Å². The summed E-state index contributed by atoms with van der Waals surface area (Å²) in [6.07, 6.45) is 0.975. The van der Waals surface area contributed by atoms with Gasteiger partial charge in [-0.05, 0) is 24.6 Å². The summed E-state index contributed by atoms with van der Waals surface area (Å²) >= 11 is 5.83. The first-order valence-electron chi connectivity index (χ1n) is 5.14. The van der Waals surface area contributed by atoms with E-state index >= 15 is 0 Å². The van der Waals surface area contributed by atoms with Crippen LogP contribution in [0.3, 0.4) is 0 Å². The molecule has 0 aliphatic rings. The maximum atomic E-state index is 5.83. The third kappa shape index (κ3) is 4.51. The van der Waals surface area contributed by atoms with E-state index in [9.17, 15) is 0 Å². The van der Waals surface area contributed by atoms with Gasteiger partial charge in [0, 0.05) is 11.6 Å². The van der Waals surface area contributed by atoms with Crippen LogP contribution in [0.15, 0.2) is 29.3 Å². The third-order valence-electron chi connectivity index (χ3n) is 1.86. The summed E-state index contributed by atoms with van der Waals surface area (Å²) in [6.45, 7) is 3.10. The van der Waals surface area contributed by atoms with Gasteiger partial charge in [0.25, 0.3) is 0 Å². The molecule has 0 saturated carbocycles. The predicted octanol–water partition coefficient (Wildman–Crippen LogP) is 1.99. The number of nitrogens with two attached hydrogens (primary N) is 1.